The smallest absolute Gasteiger partial charge is 0.340 e. The number of esters is 1. The molecule has 0 aliphatic carbocycles. The molecule has 0 spiro atoms. The monoisotopic (exact) mass is 340 g/mol. The van der Waals surface area contributed by atoms with E-state index in [0.29, 0.717) is 22.2 Å². The van der Waals surface area contributed by atoms with Crippen LogP contribution in [0, 0.1) is 12.7 Å². The van der Waals surface area contributed by atoms with Crippen molar-refractivity contribution in [3.05, 3.63) is 75.6 Å². The van der Waals surface area contributed by atoms with Crippen molar-refractivity contribution in [2.24, 2.45) is 0 Å². The van der Waals surface area contributed by atoms with E-state index in [-0.39, 0.29) is 23.4 Å². The van der Waals surface area contributed by atoms with E-state index in [1.807, 2.05) is 0 Å². The fourth-order valence-corrected chi connectivity index (χ4v) is 2.67. The van der Waals surface area contributed by atoms with Crippen molar-refractivity contribution in [2.75, 3.05) is 0 Å². The van der Waals surface area contributed by atoms with Gasteiger partial charge < -0.3 is 9.72 Å². The molecule has 128 valence electrons. The largest absolute Gasteiger partial charge is 0.459 e. The van der Waals surface area contributed by atoms with Gasteiger partial charge in [0.15, 0.2) is 0 Å². The summed E-state index contributed by atoms with van der Waals surface area (Å²) in [5.41, 5.74) is 1.37. The van der Waals surface area contributed by atoms with Crippen molar-refractivity contribution in [1.29, 1.82) is 0 Å². The molecule has 2 aromatic heterocycles. The Kier molecular flexibility index (Phi) is 4.61. The molecule has 0 amide bonds. The van der Waals surface area contributed by atoms with Gasteiger partial charge in [-0.25, -0.2) is 9.18 Å². The first-order chi connectivity index (χ1) is 12.0. The Morgan fingerprint density at radius 3 is 2.84 bits per heavy atom. The molecule has 1 atom stereocenters. The van der Waals surface area contributed by atoms with E-state index >= 15 is 0 Å². The molecule has 0 bridgehead atoms. The fraction of sp³-hybridized carbons (Fsp3) is 0.211. The van der Waals surface area contributed by atoms with Crippen LogP contribution in [-0.2, 0) is 11.2 Å². The van der Waals surface area contributed by atoms with Gasteiger partial charge in [0.25, 0.3) is 5.56 Å². The predicted molar refractivity (Wildman–Crippen MR) is 92.1 cm³/mol. The number of rotatable bonds is 4. The van der Waals surface area contributed by atoms with Crippen molar-refractivity contribution in [2.45, 2.75) is 26.4 Å². The van der Waals surface area contributed by atoms with Crippen LogP contribution >= 0.6 is 0 Å². The molecule has 1 unspecified atom stereocenters. The zero-order chi connectivity index (χ0) is 18.0. The van der Waals surface area contributed by atoms with Crippen molar-refractivity contribution < 1.29 is 13.9 Å². The summed E-state index contributed by atoms with van der Waals surface area (Å²) in [6.07, 6.45) is 1.25. The zero-order valence-corrected chi connectivity index (χ0v) is 13.9. The van der Waals surface area contributed by atoms with Crippen LogP contribution in [0.5, 0.6) is 0 Å². The van der Waals surface area contributed by atoms with Crippen molar-refractivity contribution in [1.82, 2.24) is 9.97 Å². The minimum atomic E-state index is -0.584. The summed E-state index contributed by atoms with van der Waals surface area (Å²) in [5.74, 6) is -0.917. The second-order valence-corrected chi connectivity index (χ2v) is 5.87. The van der Waals surface area contributed by atoms with Gasteiger partial charge >= 0.3 is 5.97 Å². The molecule has 3 rings (SSSR count). The maximum atomic E-state index is 13.7. The highest BCUT2D eigenvalue weighted by molar-refractivity contribution is 5.94. The van der Waals surface area contributed by atoms with E-state index in [1.54, 1.807) is 38.1 Å². The number of hydrogen-bond acceptors (Lipinski definition) is 4. The summed E-state index contributed by atoms with van der Waals surface area (Å²) in [6, 6.07) is 9.51. The van der Waals surface area contributed by atoms with Gasteiger partial charge in [0.2, 0.25) is 0 Å². The number of carbonyl (C=O) groups is 1. The number of benzene rings is 1. The Balaban J connectivity index is 1.82. The molecule has 1 N–H and O–H groups in total. The van der Waals surface area contributed by atoms with Gasteiger partial charge in [0, 0.05) is 12.6 Å². The van der Waals surface area contributed by atoms with E-state index in [9.17, 15) is 14.0 Å². The SMILES string of the molecule is Cc1nc2cc[nH]c(=O)c2cc1C(=O)OC(C)Cc1ccccc1F. The number of aromatic amines is 1. The summed E-state index contributed by atoms with van der Waals surface area (Å²) < 4.78 is 19.1. The van der Waals surface area contributed by atoms with E-state index in [1.165, 1.54) is 18.3 Å². The van der Waals surface area contributed by atoms with Gasteiger partial charge in [-0.3, -0.25) is 9.78 Å². The van der Waals surface area contributed by atoms with Crippen LogP contribution in [0.3, 0.4) is 0 Å². The fourth-order valence-electron chi connectivity index (χ4n) is 2.67. The molecule has 0 aliphatic rings. The molecule has 25 heavy (non-hydrogen) atoms. The predicted octanol–water partition coefficient (Wildman–Crippen LogP) is 3.16. The molecule has 2 heterocycles. The number of hydrogen-bond donors (Lipinski definition) is 1. The van der Waals surface area contributed by atoms with Gasteiger partial charge in [0.05, 0.1) is 22.2 Å². The highest BCUT2D eigenvalue weighted by Crippen LogP contribution is 2.16. The summed E-state index contributed by atoms with van der Waals surface area (Å²) in [7, 11) is 0. The highest BCUT2D eigenvalue weighted by atomic mass is 19.1. The number of H-pyrrole nitrogens is 1. The zero-order valence-electron chi connectivity index (χ0n) is 13.9. The van der Waals surface area contributed by atoms with Crippen LogP contribution in [0.2, 0.25) is 0 Å². The van der Waals surface area contributed by atoms with E-state index in [0.717, 1.165) is 0 Å². The molecule has 0 saturated heterocycles. The Morgan fingerprint density at radius 1 is 1.32 bits per heavy atom. The molecular weight excluding hydrogens is 323 g/mol. The lowest BCUT2D eigenvalue weighted by atomic mass is 10.1. The van der Waals surface area contributed by atoms with Crippen LogP contribution in [0.25, 0.3) is 10.9 Å². The number of ether oxygens (including phenoxy) is 1. The van der Waals surface area contributed by atoms with Crippen molar-refractivity contribution >= 4 is 16.9 Å². The van der Waals surface area contributed by atoms with Crippen LogP contribution in [0.1, 0.15) is 28.5 Å². The first kappa shape index (κ1) is 16.8. The summed E-state index contributed by atoms with van der Waals surface area (Å²) in [4.78, 5) is 31.1. The topological polar surface area (TPSA) is 72.0 Å². The third-order valence-electron chi connectivity index (χ3n) is 3.94. The molecule has 3 aromatic rings. The average Bonchev–Trinajstić information content (AvgIpc) is 2.56. The summed E-state index contributed by atoms with van der Waals surface area (Å²) in [6.45, 7) is 3.37. The Labute approximate surface area is 143 Å². The lowest BCUT2D eigenvalue weighted by Crippen LogP contribution is -2.19. The maximum Gasteiger partial charge on any atom is 0.340 e. The summed E-state index contributed by atoms with van der Waals surface area (Å²) >= 11 is 0. The molecule has 0 aliphatic heterocycles. The van der Waals surface area contributed by atoms with Gasteiger partial charge in [-0.2, -0.15) is 0 Å². The first-order valence-electron chi connectivity index (χ1n) is 7.89. The Bertz CT molecular complexity index is 997. The van der Waals surface area contributed by atoms with Gasteiger partial charge in [-0.15, -0.1) is 0 Å². The molecule has 0 saturated carbocycles. The maximum absolute atomic E-state index is 13.7. The molecule has 1 aromatic carbocycles. The lowest BCUT2D eigenvalue weighted by Gasteiger charge is -2.15. The van der Waals surface area contributed by atoms with Gasteiger partial charge in [-0.05, 0) is 37.6 Å². The van der Waals surface area contributed by atoms with E-state index < -0.39 is 12.1 Å². The quantitative estimate of drug-likeness (QED) is 0.741. The molecular formula is C19H17FN2O3. The molecule has 6 heteroatoms. The molecule has 0 fully saturated rings. The van der Waals surface area contributed by atoms with Crippen LogP contribution < -0.4 is 5.56 Å². The molecule has 5 nitrogen and oxygen atoms in total. The average molecular weight is 340 g/mol. The highest BCUT2D eigenvalue weighted by Gasteiger charge is 2.18. The van der Waals surface area contributed by atoms with Gasteiger partial charge in [-0.1, -0.05) is 18.2 Å². The second kappa shape index (κ2) is 6.84. The number of carbonyl (C=O) groups excluding carboxylic acids is 1. The number of pyridine rings is 2. The number of aryl methyl sites for hydroxylation is 1. The third kappa shape index (κ3) is 3.57. The Hall–Kier alpha value is -3.02. The third-order valence-corrected chi connectivity index (χ3v) is 3.94. The van der Waals surface area contributed by atoms with E-state index in [2.05, 4.69) is 9.97 Å². The first-order valence-corrected chi connectivity index (χ1v) is 7.89. The van der Waals surface area contributed by atoms with Crippen LogP contribution in [0.4, 0.5) is 4.39 Å². The lowest BCUT2D eigenvalue weighted by molar-refractivity contribution is 0.0340. The normalized spacial score (nSPS) is 12.1. The number of nitrogens with one attached hydrogen (secondary N) is 1. The minimum absolute atomic E-state index is 0.226. The number of nitrogens with zero attached hydrogens (tertiary/aromatic N) is 1. The standard InChI is InChI=1S/C19H17FN2O3/c1-11(9-13-5-3-4-6-16(13)20)25-19(24)14-10-15-17(22-12(14)2)7-8-21-18(15)23/h3-8,10-11H,9H2,1-2H3,(H,21,23). The van der Waals surface area contributed by atoms with Gasteiger partial charge in [0.1, 0.15) is 11.9 Å². The number of aromatic nitrogens is 2. The van der Waals surface area contributed by atoms with Crippen molar-refractivity contribution in [3.63, 3.8) is 0 Å². The van der Waals surface area contributed by atoms with Crippen LogP contribution in [0.15, 0.2) is 47.4 Å². The number of fused-ring (bicyclic) bond motifs is 1. The second-order valence-electron chi connectivity index (χ2n) is 5.87. The number of halogens is 1. The molecule has 0 radical (unpaired) electrons. The summed E-state index contributed by atoms with van der Waals surface area (Å²) in [5, 5.41) is 0.321. The van der Waals surface area contributed by atoms with Crippen LogP contribution in [-0.4, -0.2) is 22.0 Å². The minimum Gasteiger partial charge on any atom is -0.459 e. The Morgan fingerprint density at radius 2 is 2.08 bits per heavy atom. The van der Waals surface area contributed by atoms with E-state index in [4.69, 9.17) is 4.74 Å². The van der Waals surface area contributed by atoms with Crippen molar-refractivity contribution in [3.8, 4) is 0 Å².